The predicted octanol–water partition coefficient (Wildman–Crippen LogP) is 3.54. The van der Waals surface area contributed by atoms with Gasteiger partial charge in [-0.25, -0.2) is 4.79 Å². The normalized spacial score (nSPS) is 10.8. The Labute approximate surface area is 110 Å². The van der Waals surface area contributed by atoms with Gasteiger partial charge in [-0.3, -0.25) is 0 Å². The van der Waals surface area contributed by atoms with Crippen LogP contribution in [0.3, 0.4) is 0 Å². The maximum absolute atomic E-state index is 11.1. The number of rotatable bonds is 2. The molecule has 0 saturated heterocycles. The average Bonchev–Trinajstić information content (AvgIpc) is 2.80. The smallest absolute Gasteiger partial charge is 0.352 e. The Hall–Kier alpha value is -2.55. The van der Waals surface area contributed by atoms with E-state index in [-0.39, 0.29) is 0 Å². The summed E-state index contributed by atoms with van der Waals surface area (Å²) < 4.78 is 1.71. The quantitative estimate of drug-likeness (QED) is 0.756. The van der Waals surface area contributed by atoms with Crippen LogP contribution in [0.15, 0.2) is 54.6 Å². The third-order valence-corrected chi connectivity index (χ3v) is 3.41. The van der Waals surface area contributed by atoms with Crippen LogP contribution in [0.2, 0.25) is 0 Å². The van der Waals surface area contributed by atoms with Gasteiger partial charge < -0.3 is 9.67 Å². The van der Waals surface area contributed by atoms with Gasteiger partial charge in [0.05, 0.1) is 0 Å². The first-order valence-electron chi connectivity index (χ1n) is 6.05. The van der Waals surface area contributed by atoms with Gasteiger partial charge in [0, 0.05) is 18.3 Å². The van der Waals surface area contributed by atoms with Crippen molar-refractivity contribution in [3.8, 4) is 11.3 Å². The molecule has 0 unspecified atom stereocenters. The van der Waals surface area contributed by atoms with Crippen molar-refractivity contribution in [2.45, 2.75) is 0 Å². The van der Waals surface area contributed by atoms with Crippen LogP contribution in [-0.2, 0) is 7.05 Å². The number of aromatic nitrogens is 1. The summed E-state index contributed by atoms with van der Waals surface area (Å²) in [6.45, 7) is 0. The van der Waals surface area contributed by atoms with E-state index in [0.717, 1.165) is 22.0 Å². The molecule has 3 aromatic rings. The summed E-state index contributed by atoms with van der Waals surface area (Å²) in [5.41, 5.74) is 2.25. The summed E-state index contributed by atoms with van der Waals surface area (Å²) in [7, 11) is 1.78. The fraction of sp³-hybridized carbons (Fsp3) is 0.0625. The Bertz CT molecular complexity index is 766. The molecular weight excluding hydrogens is 238 g/mol. The zero-order chi connectivity index (χ0) is 13.4. The Morgan fingerprint density at radius 1 is 1.00 bits per heavy atom. The van der Waals surface area contributed by atoms with Gasteiger partial charge in [-0.1, -0.05) is 42.5 Å². The number of nitrogens with zero attached hydrogens (tertiary/aromatic N) is 1. The van der Waals surface area contributed by atoms with E-state index in [2.05, 4.69) is 18.2 Å². The molecule has 0 aliphatic rings. The molecule has 1 aromatic heterocycles. The van der Waals surface area contributed by atoms with E-state index in [4.69, 9.17) is 5.11 Å². The molecular formula is C16H13NO2. The lowest BCUT2D eigenvalue weighted by molar-refractivity contribution is 0.0687. The Morgan fingerprint density at radius 3 is 2.47 bits per heavy atom. The van der Waals surface area contributed by atoms with Gasteiger partial charge in [-0.05, 0) is 22.9 Å². The van der Waals surface area contributed by atoms with Crippen LogP contribution >= 0.6 is 0 Å². The highest BCUT2D eigenvalue weighted by Crippen LogP contribution is 2.29. The van der Waals surface area contributed by atoms with E-state index in [1.807, 2.05) is 30.3 Å². The second-order valence-corrected chi connectivity index (χ2v) is 4.49. The van der Waals surface area contributed by atoms with Crippen LogP contribution in [0, 0.1) is 0 Å². The van der Waals surface area contributed by atoms with Crippen LogP contribution in [0.4, 0.5) is 0 Å². The van der Waals surface area contributed by atoms with Gasteiger partial charge >= 0.3 is 5.97 Å². The molecule has 94 valence electrons. The number of fused-ring (bicyclic) bond motifs is 1. The molecule has 0 aliphatic carbocycles. The van der Waals surface area contributed by atoms with E-state index in [1.54, 1.807) is 17.7 Å². The van der Waals surface area contributed by atoms with Crippen molar-refractivity contribution in [2.24, 2.45) is 7.05 Å². The number of carbonyl (C=O) groups is 1. The topological polar surface area (TPSA) is 42.2 Å². The highest BCUT2D eigenvalue weighted by atomic mass is 16.4. The molecule has 1 N–H and O–H groups in total. The molecule has 3 heteroatoms. The summed E-state index contributed by atoms with van der Waals surface area (Å²) in [6, 6.07) is 17.7. The maximum Gasteiger partial charge on any atom is 0.352 e. The van der Waals surface area contributed by atoms with Crippen molar-refractivity contribution in [2.75, 3.05) is 0 Å². The minimum Gasteiger partial charge on any atom is -0.477 e. The molecule has 1 heterocycles. The molecule has 0 radical (unpaired) electrons. The van der Waals surface area contributed by atoms with Crippen molar-refractivity contribution >= 4 is 16.7 Å². The molecule has 0 spiro atoms. The summed E-state index contributed by atoms with van der Waals surface area (Å²) in [4.78, 5) is 11.1. The Balaban J connectivity index is 2.28. The minimum absolute atomic E-state index is 0.294. The zero-order valence-corrected chi connectivity index (χ0v) is 10.5. The number of hydrogen-bond donors (Lipinski definition) is 1. The van der Waals surface area contributed by atoms with Gasteiger partial charge in [0.1, 0.15) is 5.69 Å². The van der Waals surface area contributed by atoms with Crippen molar-refractivity contribution in [3.63, 3.8) is 0 Å². The summed E-state index contributed by atoms with van der Waals surface area (Å²) in [5.74, 6) is -0.908. The molecule has 2 aromatic carbocycles. The first-order chi connectivity index (χ1) is 9.18. The lowest BCUT2D eigenvalue weighted by atomic mass is 10.0. The summed E-state index contributed by atoms with van der Waals surface area (Å²) >= 11 is 0. The lowest BCUT2D eigenvalue weighted by Gasteiger charge is -2.09. The van der Waals surface area contributed by atoms with E-state index in [9.17, 15) is 4.79 Å². The third-order valence-electron chi connectivity index (χ3n) is 3.41. The van der Waals surface area contributed by atoms with Crippen LogP contribution < -0.4 is 0 Å². The van der Waals surface area contributed by atoms with Crippen LogP contribution in [-0.4, -0.2) is 15.6 Å². The lowest BCUT2D eigenvalue weighted by Crippen LogP contribution is -2.05. The zero-order valence-electron chi connectivity index (χ0n) is 10.5. The van der Waals surface area contributed by atoms with Crippen molar-refractivity contribution in [3.05, 3.63) is 60.3 Å². The fourth-order valence-electron chi connectivity index (χ4n) is 2.45. The van der Waals surface area contributed by atoms with E-state index in [1.165, 1.54) is 0 Å². The van der Waals surface area contributed by atoms with Crippen LogP contribution in [0.25, 0.3) is 22.0 Å². The fourth-order valence-corrected chi connectivity index (χ4v) is 2.45. The molecule has 0 saturated carbocycles. The third kappa shape index (κ3) is 1.80. The average molecular weight is 251 g/mol. The van der Waals surface area contributed by atoms with Crippen molar-refractivity contribution in [1.29, 1.82) is 0 Å². The summed E-state index contributed by atoms with van der Waals surface area (Å²) in [6.07, 6.45) is 0. The van der Waals surface area contributed by atoms with Gasteiger partial charge in [0.2, 0.25) is 0 Å². The standard InChI is InChI=1S/C16H13NO2/c1-17-14(9-10-15(17)16(18)19)13-8-4-6-11-5-2-3-7-12(11)13/h2-10H,1H3,(H,18,19). The first kappa shape index (κ1) is 11.5. The molecule has 0 fully saturated rings. The van der Waals surface area contributed by atoms with Gasteiger partial charge in [0.15, 0.2) is 0 Å². The number of benzene rings is 2. The van der Waals surface area contributed by atoms with Gasteiger partial charge in [-0.15, -0.1) is 0 Å². The number of hydrogen-bond acceptors (Lipinski definition) is 1. The molecule has 3 rings (SSSR count). The number of aromatic carboxylic acids is 1. The van der Waals surface area contributed by atoms with Gasteiger partial charge in [-0.2, -0.15) is 0 Å². The molecule has 19 heavy (non-hydrogen) atoms. The van der Waals surface area contributed by atoms with Crippen LogP contribution in [0.1, 0.15) is 10.5 Å². The van der Waals surface area contributed by atoms with E-state index < -0.39 is 5.97 Å². The molecule has 0 aliphatic heterocycles. The minimum atomic E-state index is -0.908. The van der Waals surface area contributed by atoms with E-state index in [0.29, 0.717) is 5.69 Å². The predicted molar refractivity (Wildman–Crippen MR) is 75.3 cm³/mol. The molecule has 0 atom stereocenters. The number of carboxylic acids is 1. The highest BCUT2D eigenvalue weighted by Gasteiger charge is 2.13. The molecule has 0 bridgehead atoms. The van der Waals surface area contributed by atoms with Crippen molar-refractivity contribution in [1.82, 2.24) is 4.57 Å². The summed E-state index contributed by atoms with van der Waals surface area (Å²) in [5, 5.41) is 11.4. The van der Waals surface area contributed by atoms with Crippen LogP contribution in [0.5, 0.6) is 0 Å². The molecule has 3 nitrogen and oxygen atoms in total. The Morgan fingerprint density at radius 2 is 1.74 bits per heavy atom. The van der Waals surface area contributed by atoms with Crippen molar-refractivity contribution < 1.29 is 9.90 Å². The van der Waals surface area contributed by atoms with Gasteiger partial charge in [0.25, 0.3) is 0 Å². The molecule has 0 amide bonds. The number of carboxylic acid groups (broad SMARTS) is 1. The SMILES string of the molecule is Cn1c(C(=O)O)ccc1-c1cccc2ccccc12. The van der Waals surface area contributed by atoms with E-state index >= 15 is 0 Å². The maximum atomic E-state index is 11.1. The second-order valence-electron chi connectivity index (χ2n) is 4.49. The Kier molecular flexibility index (Phi) is 2.60. The monoisotopic (exact) mass is 251 g/mol. The first-order valence-corrected chi connectivity index (χ1v) is 6.05. The highest BCUT2D eigenvalue weighted by molar-refractivity contribution is 5.97. The second kappa shape index (κ2) is 4.28. The largest absolute Gasteiger partial charge is 0.477 e.